The molecule has 0 aliphatic carbocycles. The first-order chi connectivity index (χ1) is 10.4. The summed E-state index contributed by atoms with van der Waals surface area (Å²) in [6.07, 6.45) is 3.08. The molecule has 21 heavy (non-hydrogen) atoms. The van der Waals surface area contributed by atoms with Gasteiger partial charge in [0.2, 0.25) is 0 Å². The Kier molecular flexibility index (Phi) is 5.30. The van der Waals surface area contributed by atoms with Crippen molar-refractivity contribution in [3.8, 4) is 0 Å². The van der Waals surface area contributed by atoms with E-state index in [2.05, 4.69) is 28.1 Å². The fourth-order valence-corrected chi connectivity index (χ4v) is 3.32. The summed E-state index contributed by atoms with van der Waals surface area (Å²) in [6, 6.07) is 2.79. The number of nitrogens with one attached hydrogen (secondary N) is 1. The third-order valence-electron chi connectivity index (χ3n) is 4.58. The first-order valence-corrected chi connectivity index (χ1v) is 8.17. The van der Waals surface area contributed by atoms with E-state index in [9.17, 15) is 0 Å². The van der Waals surface area contributed by atoms with Crippen LogP contribution in [0.15, 0.2) is 16.7 Å². The van der Waals surface area contributed by atoms with E-state index in [0.29, 0.717) is 6.04 Å². The van der Waals surface area contributed by atoms with Crippen molar-refractivity contribution < 1.29 is 9.15 Å². The van der Waals surface area contributed by atoms with Crippen LogP contribution in [-0.2, 0) is 17.8 Å². The molecule has 0 amide bonds. The van der Waals surface area contributed by atoms with E-state index in [-0.39, 0.29) is 0 Å². The lowest BCUT2D eigenvalue weighted by Gasteiger charge is -2.32. The Labute approximate surface area is 127 Å². The van der Waals surface area contributed by atoms with Gasteiger partial charge in [-0.15, -0.1) is 0 Å². The van der Waals surface area contributed by atoms with Crippen LogP contribution in [0.4, 0.5) is 0 Å². The largest absolute Gasteiger partial charge is 0.468 e. The Morgan fingerprint density at radius 2 is 2.14 bits per heavy atom. The molecule has 118 valence electrons. The molecular formula is C16H27N3O2. The van der Waals surface area contributed by atoms with Crippen molar-refractivity contribution in [2.24, 2.45) is 0 Å². The van der Waals surface area contributed by atoms with Gasteiger partial charge < -0.3 is 14.5 Å². The highest BCUT2D eigenvalue weighted by Gasteiger charge is 2.29. The van der Waals surface area contributed by atoms with Crippen molar-refractivity contribution in [3.63, 3.8) is 0 Å². The van der Waals surface area contributed by atoms with Gasteiger partial charge in [-0.05, 0) is 19.0 Å². The number of likely N-dealkylation sites (tertiary alicyclic amines) is 1. The second-order valence-corrected chi connectivity index (χ2v) is 5.98. The maximum Gasteiger partial charge on any atom is 0.122 e. The van der Waals surface area contributed by atoms with Gasteiger partial charge in [-0.2, -0.15) is 0 Å². The van der Waals surface area contributed by atoms with Crippen LogP contribution in [0.1, 0.15) is 24.7 Å². The standard InChI is InChI=1S/C16H27N3O2/c1-2-17-11-14-4-8-21-16(14)13-18-5-3-15(12-18)19-6-9-20-10-7-19/h4,8,15,17H,2-3,5-7,9-13H2,1H3. The monoisotopic (exact) mass is 293 g/mol. The summed E-state index contributed by atoms with van der Waals surface area (Å²) in [5, 5.41) is 3.38. The molecule has 1 unspecified atom stereocenters. The minimum atomic E-state index is 0.695. The minimum Gasteiger partial charge on any atom is -0.468 e. The van der Waals surface area contributed by atoms with Gasteiger partial charge in [0.15, 0.2) is 0 Å². The van der Waals surface area contributed by atoms with Crippen molar-refractivity contribution in [1.82, 2.24) is 15.1 Å². The molecular weight excluding hydrogens is 266 g/mol. The minimum absolute atomic E-state index is 0.695. The van der Waals surface area contributed by atoms with Crippen molar-refractivity contribution in [3.05, 3.63) is 23.7 Å². The molecule has 1 atom stereocenters. The Bertz CT molecular complexity index is 429. The Balaban J connectivity index is 1.51. The van der Waals surface area contributed by atoms with Gasteiger partial charge in [-0.1, -0.05) is 6.92 Å². The summed E-state index contributed by atoms with van der Waals surface area (Å²) >= 11 is 0. The zero-order chi connectivity index (χ0) is 14.5. The maximum atomic E-state index is 5.69. The summed E-state index contributed by atoms with van der Waals surface area (Å²) in [5.41, 5.74) is 1.30. The van der Waals surface area contributed by atoms with Crippen LogP contribution in [0.25, 0.3) is 0 Å². The Morgan fingerprint density at radius 1 is 1.29 bits per heavy atom. The third kappa shape index (κ3) is 3.86. The molecule has 0 aromatic carbocycles. The average molecular weight is 293 g/mol. The summed E-state index contributed by atoms with van der Waals surface area (Å²) < 4.78 is 11.1. The van der Waals surface area contributed by atoms with E-state index in [4.69, 9.17) is 9.15 Å². The summed E-state index contributed by atoms with van der Waals surface area (Å²) in [4.78, 5) is 5.11. The lowest BCUT2D eigenvalue weighted by atomic mass is 10.2. The van der Waals surface area contributed by atoms with Crippen LogP contribution in [0, 0.1) is 0 Å². The third-order valence-corrected chi connectivity index (χ3v) is 4.58. The molecule has 1 N–H and O–H groups in total. The smallest absolute Gasteiger partial charge is 0.122 e. The van der Waals surface area contributed by atoms with Crippen molar-refractivity contribution >= 4 is 0 Å². The predicted molar refractivity (Wildman–Crippen MR) is 82.2 cm³/mol. The topological polar surface area (TPSA) is 40.9 Å². The maximum absolute atomic E-state index is 5.69. The molecule has 3 rings (SSSR count). The SMILES string of the molecule is CCNCc1ccoc1CN1CCC(N2CCOCC2)C1. The highest BCUT2D eigenvalue weighted by Crippen LogP contribution is 2.21. The molecule has 0 bridgehead atoms. The Morgan fingerprint density at radius 3 is 2.95 bits per heavy atom. The highest BCUT2D eigenvalue weighted by atomic mass is 16.5. The number of hydrogen-bond donors (Lipinski definition) is 1. The fraction of sp³-hybridized carbons (Fsp3) is 0.750. The predicted octanol–water partition coefficient (Wildman–Crippen LogP) is 1.30. The molecule has 0 spiro atoms. The zero-order valence-corrected chi connectivity index (χ0v) is 13.0. The molecule has 2 aliphatic rings. The second kappa shape index (κ2) is 7.40. The number of hydrogen-bond acceptors (Lipinski definition) is 5. The molecule has 1 aromatic rings. The number of furan rings is 1. The van der Waals surface area contributed by atoms with Crippen LogP contribution >= 0.6 is 0 Å². The molecule has 2 saturated heterocycles. The molecule has 2 aliphatic heterocycles. The van der Waals surface area contributed by atoms with E-state index < -0.39 is 0 Å². The number of nitrogens with zero attached hydrogens (tertiary/aromatic N) is 2. The van der Waals surface area contributed by atoms with Crippen molar-refractivity contribution in [1.29, 1.82) is 0 Å². The van der Waals surface area contributed by atoms with Crippen LogP contribution in [0.3, 0.4) is 0 Å². The summed E-state index contributed by atoms with van der Waals surface area (Å²) in [7, 11) is 0. The van der Waals surface area contributed by atoms with Gasteiger partial charge in [0.25, 0.3) is 0 Å². The normalized spacial score (nSPS) is 24.7. The van der Waals surface area contributed by atoms with Crippen LogP contribution < -0.4 is 5.32 Å². The molecule has 2 fully saturated rings. The van der Waals surface area contributed by atoms with Crippen molar-refractivity contribution in [2.45, 2.75) is 32.5 Å². The van der Waals surface area contributed by atoms with Gasteiger partial charge in [0.05, 0.1) is 26.0 Å². The van der Waals surface area contributed by atoms with E-state index in [0.717, 1.165) is 58.2 Å². The first kappa shape index (κ1) is 15.0. The molecule has 3 heterocycles. The molecule has 5 nitrogen and oxygen atoms in total. The highest BCUT2D eigenvalue weighted by molar-refractivity contribution is 5.17. The molecule has 5 heteroatoms. The lowest BCUT2D eigenvalue weighted by Crippen LogP contribution is -2.44. The van der Waals surface area contributed by atoms with Gasteiger partial charge in [-0.3, -0.25) is 9.80 Å². The van der Waals surface area contributed by atoms with Crippen LogP contribution in [-0.4, -0.2) is 61.8 Å². The summed E-state index contributed by atoms with van der Waals surface area (Å²) in [6.45, 7) is 11.3. The van der Waals surface area contributed by atoms with E-state index in [1.54, 1.807) is 0 Å². The van der Waals surface area contributed by atoms with Crippen LogP contribution in [0.2, 0.25) is 0 Å². The molecule has 0 radical (unpaired) electrons. The van der Waals surface area contributed by atoms with Gasteiger partial charge in [-0.25, -0.2) is 0 Å². The van der Waals surface area contributed by atoms with Crippen molar-refractivity contribution in [2.75, 3.05) is 45.9 Å². The van der Waals surface area contributed by atoms with E-state index in [1.807, 2.05) is 6.26 Å². The summed E-state index contributed by atoms with van der Waals surface area (Å²) in [5.74, 6) is 1.12. The first-order valence-electron chi connectivity index (χ1n) is 8.17. The number of rotatable bonds is 6. The van der Waals surface area contributed by atoms with Gasteiger partial charge in [0, 0.05) is 44.3 Å². The number of ether oxygens (including phenoxy) is 1. The van der Waals surface area contributed by atoms with Gasteiger partial charge in [0.1, 0.15) is 5.76 Å². The molecule has 0 saturated carbocycles. The van der Waals surface area contributed by atoms with E-state index >= 15 is 0 Å². The average Bonchev–Trinajstić information content (AvgIpc) is 3.16. The van der Waals surface area contributed by atoms with Gasteiger partial charge >= 0.3 is 0 Å². The molecule has 1 aromatic heterocycles. The fourth-order valence-electron chi connectivity index (χ4n) is 3.32. The number of morpholine rings is 1. The second-order valence-electron chi connectivity index (χ2n) is 5.98. The van der Waals surface area contributed by atoms with Crippen LogP contribution in [0.5, 0.6) is 0 Å². The Hall–Kier alpha value is -0.880. The zero-order valence-electron chi connectivity index (χ0n) is 13.0. The van der Waals surface area contributed by atoms with E-state index in [1.165, 1.54) is 18.5 Å². The lowest BCUT2D eigenvalue weighted by molar-refractivity contribution is 0.0182. The quantitative estimate of drug-likeness (QED) is 0.856.